The summed E-state index contributed by atoms with van der Waals surface area (Å²) in [6, 6.07) is 12.4. The lowest BCUT2D eigenvalue weighted by Gasteiger charge is -2.24. The second-order valence-electron chi connectivity index (χ2n) is 6.33. The molecule has 2 heterocycles. The van der Waals surface area contributed by atoms with Crippen LogP contribution in [0.1, 0.15) is 10.4 Å². The topological polar surface area (TPSA) is 66.8 Å². The van der Waals surface area contributed by atoms with Gasteiger partial charge in [-0.05, 0) is 30.3 Å². The number of hydrogen-bond acceptors (Lipinski definition) is 4. The molecule has 0 unspecified atom stereocenters. The minimum atomic E-state index is -3.18. The summed E-state index contributed by atoms with van der Waals surface area (Å²) < 4.78 is 37.7. The van der Waals surface area contributed by atoms with Gasteiger partial charge in [0.2, 0.25) is 0 Å². The Kier molecular flexibility index (Phi) is 4.73. The number of carbonyl (C=O) groups is 1. The summed E-state index contributed by atoms with van der Waals surface area (Å²) >= 11 is 7.17. The van der Waals surface area contributed by atoms with Crippen molar-refractivity contribution in [3.8, 4) is 0 Å². The van der Waals surface area contributed by atoms with E-state index in [9.17, 15) is 17.6 Å². The highest BCUT2D eigenvalue weighted by atomic mass is 35.5. The average Bonchev–Trinajstić information content (AvgIpc) is 3.09. The van der Waals surface area contributed by atoms with Crippen LogP contribution in [0.2, 0.25) is 5.02 Å². The van der Waals surface area contributed by atoms with Gasteiger partial charge in [-0.3, -0.25) is 4.79 Å². The van der Waals surface area contributed by atoms with Crippen LogP contribution < -0.4 is 4.90 Å². The number of nitrogens with zero attached hydrogens (tertiary/aromatic N) is 2. The van der Waals surface area contributed by atoms with E-state index in [1.165, 1.54) is 30.0 Å². The molecule has 4 rings (SSSR count). The molecular weight excluding hydrogens is 411 g/mol. The maximum atomic E-state index is 13.6. The number of amides is 1. The van der Waals surface area contributed by atoms with Gasteiger partial charge in [-0.2, -0.15) is 4.99 Å². The van der Waals surface area contributed by atoms with Crippen molar-refractivity contribution in [3.05, 3.63) is 64.9 Å². The van der Waals surface area contributed by atoms with Crippen LogP contribution in [0.15, 0.2) is 53.5 Å². The lowest BCUT2D eigenvalue weighted by molar-refractivity contribution is 0.100. The lowest BCUT2D eigenvalue weighted by Crippen LogP contribution is -2.37. The molecule has 2 aromatic carbocycles. The van der Waals surface area contributed by atoms with Crippen molar-refractivity contribution in [2.75, 3.05) is 16.4 Å². The van der Waals surface area contributed by atoms with E-state index in [-0.39, 0.29) is 27.8 Å². The first-order valence-electron chi connectivity index (χ1n) is 8.13. The van der Waals surface area contributed by atoms with E-state index >= 15 is 0 Å². The van der Waals surface area contributed by atoms with Crippen molar-refractivity contribution in [1.82, 2.24) is 0 Å². The number of aliphatic imine (C=N–C) groups is 1. The van der Waals surface area contributed by atoms with Crippen LogP contribution in [0.25, 0.3) is 0 Å². The molecule has 5 nitrogen and oxygen atoms in total. The third-order valence-corrected chi connectivity index (χ3v) is 7.97. The first kappa shape index (κ1) is 18.5. The SMILES string of the molecule is O=C(N=C1S[C@@H]2CS(=O)(=O)C[C@@H]2N1c1ccc(F)c(Cl)c1)c1ccccc1. The number of thioether (sulfide) groups is 1. The zero-order chi connectivity index (χ0) is 19.2. The maximum absolute atomic E-state index is 13.6. The minimum Gasteiger partial charge on any atom is -0.316 e. The molecule has 0 saturated carbocycles. The zero-order valence-corrected chi connectivity index (χ0v) is 16.3. The number of carbonyl (C=O) groups excluding carboxylic acids is 1. The second-order valence-corrected chi connectivity index (χ2v) is 10.1. The molecule has 2 aliphatic rings. The number of sulfone groups is 1. The van der Waals surface area contributed by atoms with Gasteiger partial charge in [0, 0.05) is 16.5 Å². The number of benzene rings is 2. The number of halogens is 2. The van der Waals surface area contributed by atoms with Gasteiger partial charge >= 0.3 is 0 Å². The fraction of sp³-hybridized carbons (Fsp3) is 0.222. The van der Waals surface area contributed by atoms with Crippen molar-refractivity contribution in [2.45, 2.75) is 11.3 Å². The molecular formula is C18H14ClFN2O3S2. The van der Waals surface area contributed by atoms with Crippen LogP contribution in [0.3, 0.4) is 0 Å². The number of rotatable bonds is 2. The fourth-order valence-corrected chi connectivity index (χ4v) is 7.32. The Morgan fingerprint density at radius 1 is 1.19 bits per heavy atom. The molecule has 1 amide bonds. The third-order valence-electron chi connectivity index (χ3n) is 4.47. The summed E-state index contributed by atoms with van der Waals surface area (Å²) in [5.41, 5.74) is 0.950. The molecule has 0 radical (unpaired) electrons. The molecule has 0 aliphatic carbocycles. The fourth-order valence-electron chi connectivity index (χ4n) is 3.23. The van der Waals surface area contributed by atoms with Crippen molar-refractivity contribution < 1.29 is 17.6 Å². The number of anilines is 1. The van der Waals surface area contributed by atoms with Gasteiger partial charge in [-0.1, -0.05) is 41.6 Å². The second kappa shape index (κ2) is 6.92. The Balaban J connectivity index is 1.75. The predicted octanol–water partition coefficient (Wildman–Crippen LogP) is 3.39. The van der Waals surface area contributed by atoms with Crippen LogP contribution in [0.5, 0.6) is 0 Å². The Morgan fingerprint density at radius 3 is 2.63 bits per heavy atom. The Labute approximate surface area is 165 Å². The number of hydrogen-bond donors (Lipinski definition) is 0. The van der Waals surface area contributed by atoms with E-state index in [0.29, 0.717) is 16.4 Å². The summed E-state index contributed by atoms with van der Waals surface area (Å²) in [5.74, 6) is -1.01. The Hall–Kier alpha value is -1.90. The minimum absolute atomic E-state index is 0.0201. The molecule has 2 fully saturated rings. The molecule has 2 aromatic rings. The van der Waals surface area contributed by atoms with Crippen molar-refractivity contribution in [1.29, 1.82) is 0 Å². The van der Waals surface area contributed by atoms with Gasteiger partial charge in [-0.15, -0.1) is 0 Å². The van der Waals surface area contributed by atoms with Crippen molar-refractivity contribution in [2.24, 2.45) is 4.99 Å². The highest BCUT2D eigenvalue weighted by Crippen LogP contribution is 2.41. The van der Waals surface area contributed by atoms with Gasteiger partial charge in [0.1, 0.15) is 5.82 Å². The summed E-state index contributed by atoms with van der Waals surface area (Å²) in [4.78, 5) is 18.4. The summed E-state index contributed by atoms with van der Waals surface area (Å²) in [6.07, 6.45) is 0. The predicted molar refractivity (Wildman–Crippen MR) is 106 cm³/mol. The van der Waals surface area contributed by atoms with E-state index in [1.807, 2.05) is 0 Å². The molecule has 9 heteroatoms. The summed E-state index contributed by atoms with van der Waals surface area (Å²) in [5, 5.41) is 0.0909. The highest BCUT2D eigenvalue weighted by molar-refractivity contribution is 8.16. The smallest absolute Gasteiger partial charge is 0.279 e. The van der Waals surface area contributed by atoms with Crippen LogP contribution in [-0.4, -0.2) is 42.3 Å². The monoisotopic (exact) mass is 424 g/mol. The lowest BCUT2D eigenvalue weighted by atomic mass is 10.2. The van der Waals surface area contributed by atoms with Gasteiger partial charge in [0.15, 0.2) is 15.0 Å². The standard InChI is InChI=1S/C18H14ClFN2O3S2/c19-13-8-12(6-7-14(13)20)22-15-9-27(24,25)10-16(15)26-18(22)21-17(23)11-4-2-1-3-5-11/h1-8,15-16H,9-10H2/t15-,16+/m0/s1. The van der Waals surface area contributed by atoms with Gasteiger partial charge in [0.25, 0.3) is 5.91 Å². The molecule has 0 spiro atoms. The molecule has 2 saturated heterocycles. The van der Waals surface area contributed by atoms with E-state index in [2.05, 4.69) is 4.99 Å². The largest absolute Gasteiger partial charge is 0.316 e. The third kappa shape index (κ3) is 3.61. The summed E-state index contributed by atoms with van der Waals surface area (Å²) in [7, 11) is -3.18. The van der Waals surface area contributed by atoms with Crippen LogP contribution in [0.4, 0.5) is 10.1 Å². The van der Waals surface area contributed by atoms with Gasteiger partial charge in [0.05, 0.1) is 22.6 Å². The normalized spacial score (nSPS) is 25.0. The summed E-state index contributed by atoms with van der Waals surface area (Å²) in [6.45, 7) is 0. The molecule has 2 aliphatic heterocycles. The first-order valence-corrected chi connectivity index (χ1v) is 11.2. The van der Waals surface area contributed by atoms with E-state index in [0.717, 1.165) is 0 Å². The van der Waals surface area contributed by atoms with E-state index < -0.39 is 21.6 Å². The Morgan fingerprint density at radius 2 is 1.93 bits per heavy atom. The highest BCUT2D eigenvalue weighted by Gasteiger charge is 2.49. The molecule has 2 atom stereocenters. The maximum Gasteiger partial charge on any atom is 0.279 e. The molecule has 140 valence electrons. The van der Waals surface area contributed by atoms with E-state index in [4.69, 9.17) is 11.6 Å². The van der Waals surface area contributed by atoms with Crippen molar-refractivity contribution >= 4 is 50.0 Å². The van der Waals surface area contributed by atoms with Crippen molar-refractivity contribution in [3.63, 3.8) is 0 Å². The molecule has 0 aromatic heterocycles. The Bertz CT molecular complexity index is 1040. The quantitative estimate of drug-likeness (QED) is 0.739. The van der Waals surface area contributed by atoms with Crippen LogP contribution in [0, 0.1) is 5.82 Å². The number of fused-ring (bicyclic) bond motifs is 1. The van der Waals surface area contributed by atoms with Gasteiger partial charge in [-0.25, -0.2) is 12.8 Å². The molecule has 27 heavy (non-hydrogen) atoms. The van der Waals surface area contributed by atoms with Crippen LogP contribution in [-0.2, 0) is 9.84 Å². The number of amidine groups is 1. The first-order chi connectivity index (χ1) is 12.8. The molecule has 0 bridgehead atoms. The zero-order valence-electron chi connectivity index (χ0n) is 13.9. The van der Waals surface area contributed by atoms with Gasteiger partial charge < -0.3 is 4.90 Å². The average molecular weight is 425 g/mol. The van der Waals surface area contributed by atoms with Crippen LogP contribution >= 0.6 is 23.4 Å². The van der Waals surface area contributed by atoms with E-state index in [1.54, 1.807) is 35.2 Å². The molecule has 0 N–H and O–H groups in total.